The zero-order valence-electron chi connectivity index (χ0n) is 14.9. The number of hydrogen-bond donors (Lipinski definition) is 1. The van der Waals surface area contributed by atoms with Gasteiger partial charge in [0.1, 0.15) is 12.4 Å². The van der Waals surface area contributed by atoms with Crippen molar-refractivity contribution >= 4 is 29.3 Å². The topological polar surface area (TPSA) is 51.2 Å². The molecular weight excluding hydrogens is 360 g/mol. The van der Waals surface area contributed by atoms with Crippen LogP contribution in [0.3, 0.4) is 0 Å². The SMILES string of the molecule is Cc1ccc(NC(=O)/C=C/c2ccc(OCc3ccccn3)cc2)c(Cl)c1. The minimum absolute atomic E-state index is 0.240. The summed E-state index contributed by atoms with van der Waals surface area (Å²) >= 11 is 6.12. The van der Waals surface area contributed by atoms with E-state index in [-0.39, 0.29) is 5.91 Å². The number of carbonyl (C=O) groups is 1. The number of ether oxygens (including phenoxy) is 1. The smallest absolute Gasteiger partial charge is 0.248 e. The number of aromatic nitrogens is 1. The lowest BCUT2D eigenvalue weighted by atomic mass is 10.2. The van der Waals surface area contributed by atoms with Gasteiger partial charge in [-0.3, -0.25) is 9.78 Å². The van der Waals surface area contributed by atoms with Crippen molar-refractivity contribution in [3.63, 3.8) is 0 Å². The quantitative estimate of drug-likeness (QED) is 0.594. The maximum atomic E-state index is 12.1. The van der Waals surface area contributed by atoms with Crippen LogP contribution in [0.1, 0.15) is 16.8 Å². The molecule has 1 N–H and O–H groups in total. The van der Waals surface area contributed by atoms with Gasteiger partial charge in [0.05, 0.1) is 16.4 Å². The third-order valence-corrected chi connectivity index (χ3v) is 4.12. The first-order chi connectivity index (χ1) is 13.1. The number of pyridine rings is 1. The van der Waals surface area contributed by atoms with E-state index >= 15 is 0 Å². The number of benzene rings is 2. The van der Waals surface area contributed by atoms with E-state index in [0.29, 0.717) is 17.3 Å². The second-order valence-electron chi connectivity index (χ2n) is 5.98. The zero-order chi connectivity index (χ0) is 19.1. The molecule has 0 aliphatic heterocycles. The van der Waals surface area contributed by atoms with Gasteiger partial charge in [-0.25, -0.2) is 0 Å². The lowest BCUT2D eigenvalue weighted by Gasteiger charge is -2.06. The molecule has 136 valence electrons. The van der Waals surface area contributed by atoms with Crippen molar-refractivity contribution in [2.45, 2.75) is 13.5 Å². The highest BCUT2D eigenvalue weighted by Crippen LogP contribution is 2.22. The van der Waals surface area contributed by atoms with E-state index in [0.717, 1.165) is 22.6 Å². The minimum atomic E-state index is -0.240. The van der Waals surface area contributed by atoms with E-state index in [4.69, 9.17) is 16.3 Å². The Morgan fingerprint density at radius 2 is 1.96 bits per heavy atom. The van der Waals surface area contributed by atoms with Crippen molar-refractivity contribution in [3.8, 4) is 5.75 Å². The fourth-order valence-corrected chi connectivity index (χ4v) is 2.67. The van der Waals surface area contributed by atoms with E-state index < -0.39 is 0 Å². The van der Waals surface area contributed by atoms with E-state index in [2.05, 4.69) is 10.3 Å². The van der Waals surface area contributed by atoms with Gasteiger partial charge in [-0.15, -0.1) is 0 Å². The molecule has 27 heavy (non-hydrogen) atoms. The Morgan fingerprint density at radius 3 is 2.67 bits per heavy atom. The van der Waals surface area contributed by atoms with Crippen LogP contribution in [-0.4, -0.2) is 10.9 Å². The lowest BCUT2D eigenvalue weighted by molar-refractivity contribution is -0.111. The molecule has 0 unspecified atom stereocenters. The summed E-state index contributed by atoms with van der Waals surface area (Å²) in [5.41, 5.74) is 3.40. The summed E-state index contributed by atoms with van der Waals surface area (Å²) in [6, 6.07) is 18.7. The summed E-state index contributed by atoms with van der Waals surface area (Å²) < 4.78 is 5.69. The molecule has 0 aliphatic rings. The van der Waals surface area contributed by atoms with Crippen LogP contribution < -0.4 is 10.1 Å². The molecule has 0 aliphatic carbocycles. The average Bonchev–Trinajstić information content (AvgIpc) is 2.68. The summed E-state index contributed by atoms with van der Waals surface area (Å²) in [6.45, 7) is 2.36. The summed E-state index contributed by atoms with van der Waals surface area (Å²) in [6.07, 6.45) is 4.95. The number of carbonyl (C=O) groups excluding carboxylic acids is 1. The minimum Gasteiger partial charge on any atom is -0.487 e. The van der Waals surface area contributed by atoms with Crippen LogP contribution in [0.15, 0.2) is 72.9 Å². The molecule has 3 rings (SSSR count). The van der Waals surface area contributed by atoms with Gasteiger partial charge in [-0.2, -0.15) is 0 Å². The third kappa shape index (κ3) is 5.69. The molecule has 0 bridgehead atoms. The molecule has 3 aromatic rings. The molecule has 1 aromatic heterocycles. The van der Waals surface area contributed by atoms with Gasteiger partial charge < -0.3 is 10.1 Å². The highest BCUT2D eigenvalue weighted by Gasteiger charge is 2.03. The third-order valence-electron chi connectivity index (χ3n) is 3.80. The maximum Gasteiger partial charge on any atom is 0.248 e. The number of rotatable bonds is 6. The highest BCUT2D eigenvalue weighted by atomic mass is 35.5. The van der Waals surface area contributed by atoms with Gasteiger partial charge in [0.15, 0.2) is 0 Å². The van der Waals surface area contributed by atoms with E-state index in [1.807, 2.05) is 61.5 Å². The number of hydrogen-bond acceptors (Lipinski definition) is 3. The maximum absolute atomic E-state index is 12.1. The Labute approximate surface area is 163 Å². The molecule has 1 amide bonds. The largest absolute Gasteiger partial charge is 0.487 e. The molecule has 5 heteroatoms. The van der Waals surface area contributed by atoms with E-state index in [1.54, 1.807) is 18.3 Å². The fourth-order valence-electron chi connectivity index (χ4n) is 2.38. The molecule has 4 nitrogen and oxygen atoms in total. The van der Waals surface area contributed by atoms with Crippen molar-refractivity contribution in [3.05, 3.63) is 94.8 Å². The first kappa shape index (κ1) is 18.7. The van der Waals surface area contributed by atoms with Gasteiger partial charge in [0.25, 0.3) is 0 Å². The van der Waals surface area contributed by atoms with Crippen molar-refractivity contribution in [2.24, 2.45) is 0 Å². The van der Waals surface area contributed by atoms with Crippen LogP contribution in [0.25, 0.3) is 6.08 Å². The van der Waals surface area contributed by atoms with Gasteiger partial charge in [-0.05, 0) is 60.5 Å². The Bertz CT molecular complexity index is 938. The second kappa shape index (κ2) is 9.01. The van der Waals surface area contributed by atoms with Crippen LogP contribution in [0.5, 0.6) is 5.75 Å². The number of halogens is 1. The molecule has 0 atom stereocenters. The predicted molar refractivity (Wildman–Crippen MR) is 109 cm³/mol. The molecule has 0 fully saturated rings. The first-order valence-corrected chi connectivity index (χ1v) is 8.86. The van der Waals surface area contributed by atoms with Gasteiger partial charge in [0.2, 0.25) is 5.91 Å². The Kier molecular flexibility index (Phi) is 6.23. The van der Waals surface area contributed by atoms with Crippen molar-refractivity contribution in [1.82, 2.24) is 4.98 Å². The summed E-state index contributed by atoms with van der Waals surface area (Å²) in [7, 11) is 0. The zero-order valence-corrected chi connectivity index (χ0v) is 15.6. The van der Waals surface area contributed by atoms with Crippen LogP contribution in [0.2, 0.25) is 5.02 Å². The van der Waals surface area contributed by atoms with Crippen LogP contribution in [-0.2, 0) is 11.4 Å². The molecule has 0 saturated heterocycles. The summed E-state index contributed by atoms with van der Waals surface area (Å²) in [5.74, 6) is 0.505. The number of nitrogens with one attached hydrogen (secondary N) is 1. The summed E-state index contributed by atoms with van der Waals surface area (Å²) in [5, 5.41) is 3.29. The van der Waals surface area contributed by atoms with E-state index in [9.17, 15) is 4.79 Å². The number of nitrogens with zero attached hydrogens (tertiary/aromatic N) is 1. The molecule has 1 heterocycles. The highest BCUT2D eigenvalue weighted by molar-refractivity contribution is 6.33. The monoisotopic (exact) mass is 378 g/mol. The number of aryl methyl sites for hydroxylation is 1. The molecular formula is C22H19ClN2O2. The Morgan fingerprint density at radius 1 is 1.15 bits per heavy atom. The van der Waals surface area contributed by atoms with Crippen LogP contribution in [0, 0.1) is 6.92 Å². The van der Waals surface area contributed by atoms with Gasteiger partial charge in [0, 0.05) is 12.3 Å². The standard InChI is InChI=1S/C22H19ClN2O2/c1-16-5-11-21(20(23)14-16)25-22(26)12-8-17-6-9-19(10-7-17)27-15-18-4-2-3-13-24-18/h2-14H,15H2,1H3,(H,25,26)/b12-8+. The van der Waals surface area contributed by atoms with Gasteiger partial charge in [-0.1, -0.05) is 35.9 Å². The fraction of sp³-hybridized carbons (Fsp3) is 0.0909. The normalized spacial score (nSPS) is 10.7. The molecule has 0 saturated carbocycles. The Balaban J connectivity index is 1.54. The lowest BCUT2D eigenvalue weighted by Crippen LogP contribution is -2.08. The van der Waals surface area contributed by atoms with Crippen molar-refractivity contribution in [2.75, 3.05) is 5.32 Å². The average molecular weight is 379 g/mol. The molecule has 0 spiro atoms. The molecule has 2 aromatic carbocycles. The first-order valence-electron chi connectivity index (χ1n) is 8.48. The molecule has 0 radical (unpaired) electrons. The summed E-state index contributed by atoms with van der Waals surface area (Å²) in [4.78, 5) is 16.3. The van der Waals surface area contributed by atoms with Gasteiger partial charge >= 0.3 is 0 Å². The Hall–Kier alpha value is -3.11. The van der Waals surface area contributed by atoms with E-state index in [1.165, 1.54) is 6.08 Å². The number of anilines is 1. The van der Waals surface area contributed by atoms with Crippen LogP contribution in [0.4, 0.5) is 5.69 Å². The van der Waals surface area contributed by atoms with Crippen molar-refractivity contribution < 1.29 is 9.53 Å². The van der Waals surface area contributed by atoms with Crippen molar-refractivity contribution in [1.29, 1.82) is 0 Å². The predicted octanol–water partition coefficient (Wildman–Crippen LogP) is 5.27. The number of amides is 1. The second-order valence-corrected chi connectivity index (χ2v) is 6.39. The van der Waals surface area contributed by atoms with Crippen LogP contribution >= 0.6 is 11.6 Å².